The van der Waals surface area contributed by atoms with Crippen molar-refractivity contribution in [3.8, 4) is 0 Å². The van der Waals surface area contributed by atoms with Crippen molar-refractivity contribution in [2.75, 3.05) is 0 Å². The maximum atomic E-state index is 2.44. The highest BCUT2D eigenvalue weighted by Gasteiger charge is 2.14. The maximum Gasteiger partial charge on any atom is 0.244 e. The van der Waals surface area contributed by atoms with Crippen LogP contribution in [0.3, 0.4) is 0 Å². The van der Waals surface area contributed by atoms with Gasteiger partial charge in [0, 0.05) is 21.8 Å². The van der Waals surface area contributed by atoms with E-state index in [9.17, 15) is 0 Å². The number of rotatable bonds is 3. The monoisotopic (exact) mass is 326 g/mol. The molecule has 0 bridgehead atoms. The Kier molecular flexibility index (Phi) is 3.14. The topological polar surface area (TPSA) is 13.7 Å². The van der Waals surface area contributed by atoms with Crippen molar-refractivity contribution < 1.29 is 4.57 Å². The smallest absolute Gasteiger partial charge is 0.244 e. The minimum Gasteiger partial charge on any atom is -0.336 e. The van der Waals surface area contributed by atoms with Gasteiger partial charge in [-0.25, -0.2) is 9.13 Å². The summed E-state index contributed by atoms with van der Waals surface area (Å²) >= 11 is 0. The zero-order chi connectivity index (χ0) is 16.8. The fourth-order valence-corrected chi connectivity index (χ4v) is 3.97. The number of hydrogen-bond donors (Lipinski definition) is 0. The number of para-hydroxylation sites is 4. The number of benzene rings is 3. The van der Waals surface area contributed by atoms with Gasteiger partial charge in [0.25, 0.3) is 0 Å². The zero-order valence-corrected chi connectivity index (χ0v) is 14.3. The maximum absolute atomic E-state index is 2.44. The normalized spacial score (nSPS) is 11.7. The number of aryl methyl sites for hydroxylation is 3. The van der Waals surface area contributed by atoms with Crippen LogP contribution in [0.4, 0.5) is 0 Å². The number of hydrogen-bond acceptors (Lipinski definition) is 0. The van der Waals surface area contributed by atoms with Gasteiger partial charge < -0.3 is 4.57 Å². The summed E-state index contributed by atoms with van der Waals surface area (Å²) in [4.78, 5) is 0. The Bertz CT molecular complexity index is 1160. The van der Waals surface area contributed by atoms with E-state index in [0.29, 0.717) is 0 Å². The SMILES string of the molecule is C[n+]1cn(CCn2c3ccccc3c3ccccc32)c2ccccc21. The average Bonchev–Trinajstić information content (AvgIpc) is 3.16. The van der Waals surface area contributed by atoms with Gasteiger partial charge in [-0.2, -0.15) is 0 Å². The van der Waals surface area contributed by atoms with E-state index in [2.05, 4.69) is 99.9 Å². The van der Waals surface area contributed by atoms with E-state index in [-0.39, 0.29) is 0 Å². The van der Waals surface area contributed by atoms with Crippen LogP contribution in [-0.2, 0) is 20.1 Å². The third kappa shape index (κ3) is 2.16. The lowest BCUT2D eigenvalue weighted by Gasteiger charge is -2.06. The van der Waals surface area contributed by atoms with Crippen molar-refractivity contribution in [1.29, 1.82) is 0 Å². The molecular formula is C22H20N3+. The third-order valence-corrected chi connectivity index (χ3v) is 5.13. The highest BCUT2D eigenvalue weighted by Crippen LogP contribution is 2.28. The van der Waals surface area contributed by atoms with Gasteiger partial charge in [0.05, 0.1) is 13.6 Å². The van der Waals surface area contributed by atoms with E-state index < -0.39 is 0 Å². The molecule has 2 aromatic heterocycles. The Morgan fingerprint density at radius 1 is 0.680 bits per heavy atom. The standard InChI is InChI=1S/C22H20N3/c1-23-16-24(22-13-7-6-12-21(22)23)14-15-25-19-10-4-2-8-17(19)18-9-3-5-11-20(18)25/h2-13,16H,14-15H2,1H3/q+1. The summed E-state index contributed by atoms with van der Waals surface area (Å²) in [6, 6.07) is 26.0. The lowest BCUT2D eigenvalue weighted by atomic mass is 10.2. The first-order valence-electron chi connectivity index (χ1n) is 8.72. The van der Waals surface area contributed by atoms with Crippen molar-refractivity contribution in [3.63, 3.8) is 0 Å². The lowest BCUT2D eigenvalue weighted by Crippen LogP contribution is -2.25. The largest absolute Gasteiger partial charge is 0.336 e. The van der Waals surface area contributed by atoms with Gasteiger partial charge in [-0.3, -0.25) is 0 Å². The Balaban J connectivity index is 1.62. The molecule has 3 heteroatoms. The molecule has 2 heterocycles. The van der Waals surface area contributed by atoms with E-state index in [4.69, 9.17) is 0 Å². The molecule has 0 spiro atoms. The molecule has 122 valence electrons. The van der Waals surface area contributed by atoms with Crippen LogP contribution in [0.15, 0.2) is 79.1 Å². The molecule has 5 aromatic rings. The first-order valence-corrected chi connectivity index (χ1v) is 8.72. The fourth-order valence-electron chi connectivity index (χ4n) is 3.97. The average molecular weight is 326 g/mol. The number of imidazole rings is 1. The summed E-state index contributed by atoms with van der Waals surface area (Å²) in [6.45, 7) is 1.90. The van der Waals surface area contributed by atoms with Crippen LogP contribution >= 0.6 is 0 Å². The molecule has 5 rings (SSSR count). The molecule has 0 aliphatic heterocycles. The van der Waals surface area contributed by atoms with Gasteiger partial charge >= 0.3 is 0 Å². The van der Waals surface area contributed by atoms with Gasteiger partial charge in [-0.05, 0) is 24.3 Å². The Labute approximate surface area is 146 Å². The first-order chi connectivity index (χ1) is 12.3. The second kappa shape index (κ2) is 5.49. The van der Waals surface area contributed by atoms with Crippen LogP contribution in [0.25, 0.3) is 32.8 Å². The molecule has 0 N–H and O–H groups in total. The molecule has 0 aliphatic rings. The summed E-state index contributed by atoms with van der Waals surface area (Å²) in [5, 5.41) is 2.67. The van der Waals surface area contributed by atoms with Crippen LogP contribution in [-0.4, -0.2) is 9.13 Å². The molecule has 0 aliphatic carbocycles. The molecule has 0 atom stereocenters. The summed E-state index contributed by atoms with van der Waals surface area (Å²) in [7, 11) is 2.11. The van der Waals surface area contributed by atoms with E-state index in [1.54, 1.807) is 0 Å². The molecule has 0 unspecified atom stereocenters. The highest BCUT2D eigenvalue weighted by molar-refractivity contribution is 6.07. The quantitative estimate of drug-likeness (QED) is 0.439. The number of nitrogens with zero attached hydrogens (tertiary/aromatic N) is 3. The Morgan fingerprint density at radius 2 is 1.24 bits per heavy atom. The van der Waals surface area contributed by atoms with Crippen molar-refractivity contribution >= 4 is 32.8 Å². The molecule has 0 fully saturated rings. The molecule has 0 saturated carbocycles. The van der Waals surface area contributed by atoms with E-state index >= 15 is 0 Å². The van der Waals surface area contributed by atoms with E-state index in [0.717, 1.165) is 13.1 Å². The van der Waals surface area contributed by atoms with Crippen molar-refractivity contribution in [3.05, 3.63) is 79.1 Å². The molecule has 0 radical (unpaired) electrons. The molecule has 3 nitrogen and oxygen atoms in total. The summed E-state index contributed by atoms with van der Waals surface area (Å²) < 4.78 is 6.99. The summed E-state index contributed by atoms with van der Waals surface area (Å²) in [5.74, 6) is 0. The predicted octanol–water partition coefficient (Wildman–Crippen LogP) is 4.27. The minimum atomic E-state index is 0.948. The van der Waals surface area contributed by atoms with Crippen LogP contribution in [0.5, 0.6) is 0 Å². The van der Waals surface area contributed by atoms with E-state index in [1.165, 1.54) is 32.8 Å². The second-order valence-corrected chi connectivity index (χ2v) is 6.59. The minimum absolute atomic E-state index is 0.948. The van der Waals surface area contributed by atoms with Crippen LogP contribution in [0.2, 0.25) is 0 Å². The summed E-state index contributed by atoms with van der Waals surface area (Å²) in [5.41, 5.74) is 5.17. The molecule has 0 amide bonds. The van der Waals surface area contributed by atoms with Crippen molar-refractivity contribution in [2.45, 2.75) is 13.1 Å². The highest BCUT2D eigenvalue weighted by atomic mass is 15.1. The van der Waals surface area contributed by atoms with E-state index in [1.807, 2.05) is 0 Å². The van der Waals surface area contributed by atoms with Gasteiger partial charge in [0.2, 0.25) is 6.33 Å². The first kappa shape index (κ1) is 14.3. The van der Waals surface area contributed by atoms with Gasteiger partial charge in [-0.1, -0.05) is 48.5 Å². The lowest BCUT2D eigenvalue weighted by molar-refractivity contribution is -0.645. The Morgan fingerprint density at radius 3 is 1.92 bits per heavy atom. The van der Waals surface area contributed by atoms with Gasteiger partial charge in [0.15, 0.2) is 11.0 Å². The Hall–Kier alpha value is -3.07. The molecule has 0 saturated heterocycles. The molecule has 3 aromatic carbocycles. The summed E-state index contributed by atoms with van der Waals surface area (Å²) in [6.07, 6.45) is 2.19. The van der Waals surface area contributed by atoms with Crippen molar-refractivity contribution in [1.82, 2.24) is 9.13 Å². The van der Waals surface area contributed by atoms with Crippen molar-refractivity contribution in [2.24, 2.45) is 7.05 Å². The molecule has 25 heavy (non-hydrogen) atoms. The van der Waals surface area contributed by atoms with Crippen LogP contribution in [0.1, 0.15) is 0 Å². The number of aromatic nitrogens is 3. The molecular weight excluding hydrogens is 306 g/mol. The van der Waals surface area contributed by atoms with Crippen LogP contribution < -0.4 is 4.57 Å². The second-order valence-electron chi connectivity index (χ2n) is 6.59. The predicted molar refractivity (Wildman–Crippen MR) is 103 cm³/mol. The van der Waals surface area contributed by atoms with Gasteiger partial charge in [-0.15, -0.1) is 0 Å². The zero-order valence-electron chi connectivity index (χ0n) is 14.3. The third-order valence-electron chi connectivity index (χ3n) is 5.13. The van der Waals surface area contributed by atoms with Gasteiger partial charge in [0.1, 0.15) is 6.54 Å². The fraction of sp³-hybridized carbons (Fsp3) is 0.136. The number of fused-ring (bicyclic) bond motifs is 4. The van der Waals surface area contributed by atoms with Crippen LogP contribution in [0, 0.1) is 0 Å².